The van der Waals surface area contributed by atoms with E-state index in [1.807, 2.05) is 6.92 Å². The number of esters is 2. The molecule has 0 bridgehead atoms. The largest absolute Gasteiger partial charge is 0.462 e. The van der Waals surface area contributed by atoms with Crippen molar-refractivity contribution in [3.05, 3.63) is 70.5 Å². The van der Waals surface area contributed by atoms with Gasteiger partial charge >= 0.3 is 11.9 Å². The molecule has 2 aromatic carbocycles. The van der Waals surface area contributed by atoms with Crippen molar-refractivity contribution in [3.63, 3.8) is 0 Å². The van der Waals surface area contributed by atoms with Crippen molar-refractivity contribution in [2.24, 2.45) is 0 Å². The Bertz CT molecular complexity index is 788. The number of hydrogen-bond donors (Lipinski definition) is 0. The molecule has 26 heavy (non-hydrogen) atoms. The summed E-state index contributed by atoms with van der Waals surface area (Å²) >= 11 is 0. The molecule has 0 saturated heterocycles. The molecule has 0 aliphatic carbocycles. The van der Waals surface area contributed by atoms with Crippen molar-refractivity contribution in [2.45, 2.75) is 26.4 Å². The van der Waals surface area contributed by atoms with Gasteiger partial charge in [-0.15, -0.1) is 0 Å². The van der Waals surface area contributed by atoms with E-state index in [0.29, 0.717) is 12.7 Å². The maximum absolute atomic E-state index is 13.5. The highest BCUT2D eigenvalue weighted by Gasteiger charge is 2.15. The summed E-state index contributed by atoms with van der Waals surface area (Å²) in [6, 6.07) is 6.64. The minimum atomic E-state index is -1.36. The molecule has 0 atom stereocenters. The number of halogens is 3. The van der Waals surface area contributed by atoms with Crippen molar-refractivity contribution < 1.29 is 32.2 Å². The molecule has 0 aliphatic heterocycles. The molecule has 2 rings (SSSR count). The first kappa shape index (κ1) is 19.5. The number of ether oxygens (including phenoxy) is 2. The minimum Gasteiger partial charge on any atom is -0.462 e. The van der Waals surface area contributed by atoms with Crippen LogP contribution in [0, 0.1) is 17.5 Å². The lowest BCUT2D eigenvalue weighted by atomic mass is 10.1. The second-order valence-electron chi connectivity index (χ2n) is 5.50. The third-order valence-corrected chi connectivity index (χ3v) is 3.51. The quantitative estimate of drug-likeness (QED) is 0.414. The summed E-state index contributed by atoms with van der Waals surface area (Å²) in [5, 5.41) is 0. The first-order valence-electron chi connectivity index (χ1n) is 8.00. The van der Waals surface area contributed by atoms with Crippen LogP contribution in [-0.2, 0) is 16.1 Å². The number of unbranched alkanes of at least 4 members (excludes halogenated alkanes) is 1. The predicted molar refractivity (Wildman–Crippen MR) is 87.1 cm³/mol. The van der Waals surface area contributed by atoms with Crippen LogP contribution in [0.3, 0.4) is 0 Å². The molecule has 0 spiro atoms. The molecular weight excluding hydrogens is 349 g/mol. The van der Waals surface area contributed by atoms with Gasteiger partial charge in [-0.2, -0.15) is 0 Å². The molecule has 0 N–H and O–H groups in total. The highest BCUT2D eigenvalue weighted by molar-refractivity contribution is 5.93. The zero-order valence-corrected chi connectivity index (χ0v) is 14.1. The molecule has 0 fully saturated rings. The number of hydrogen-bond acceptors (Lipinski definition) is 4. The summed E-state index contributed by atoms with van der Waals surface area (Å²) in [6.45, 7) is 1.66. The summed E-state index contributed by atoms with van der Waals surface area (Å²) in [7, 11) is 0. The lowest BCUT2D eigenvalue weighted by Gasteiger charge is -2.08. The maximum atomic E-state index is 13.5. The smallest absolute Gasteiger partial charge is 0.338 e. The topological polar surface area (TPSA) is 52.6 Å². The number of carbonyl (C=O) groups is 2. The van der Waals surface area contributed by atoms with Gasteiger partial charge in [-0.1, -0.05) is 13.3 Å². The second kappa shape index (κ2) is 9.03. The maximum Gasteiger partial charge on any atom is 0.338 e. The van der Waals surface area contributed by atoms with Gasteiger partial charge in [-0.3, -0.25) is 0 Å². The van der Waals surface area contributed by atoms with Gasteiger partial charge in [0.2, 0.25) is 0 Å². The molecule has 7 heteroatoms. The van der Waals surface area contributed by atoms with Crippen LogP contribution in [0.1, 0.15) is 46.0 Å². The standard InChI is InChI=1S/C19H17F3O4/c1-2-3-8-25-18(23)12-4-6-13(7-5-12)19(24)26-11-14-9-15(20)10-16(21)17(14)22/h4-7,9-10H,2-3,8,11H2,1H3. The van der Waals surface area contributed by atoms with Crippen LogP contribution in [0.4, 0.5) is 13.2 Å². The molecule has 0 aliphatic rings. The van der Waals surface area contributed by atoms with Crippen molar-refractivity contribution >= 4 is 11.9 Å². The van der Waals surface area contributed by atoms with E-state index in [1.165, 1.54) is 24.3 Å². The fraction of sp³-hybridized carbons (Fsp3) is 0.263. The third kappa shape index (κ3) is 5.08. The van der Waals surface area contributed by atoms with Crippen molar-refractivity contribution in [2.75, 3.05) is 6.61 Å². The lowest BCUT2D eigenvalue weighted by molar-refractivity contribution is 0.0462. The van der Waals surface area contributed by atoms with Gasteiger partial charge in [-0.25, -0.2) is 22.8 Å². The zero-order chi connectivity index (χ0) is 19.1. The highest BCUT2D eigenvalue weighted by atomic mass is 19.2. The molecule has 0 amide bonds. The van der Waals surface area contributed by atoms with Crippen LogP contribution in [0.2, 0.25) is 0 Å². The first-order valence-corrected chi connectivity index (χ1v) is 8.00. The summed E-state index contributed by atoms with van der Waals surface area (Å²) < 4.78 is 49.6. The van der Waals surface area contributed by atoms with E-state index in [0.717, 1.165) is 18.9 Å². The van der Waals surface area contributed by atoms with Crippen molar-refractivity contribution in [1.82, 2.24) is 0 Å². The second-order valence-corrected chi connectivity index (χ2v) is 5.50. The first-order chi connectivity index (χ1) is 12.4. The van der Waals surface area contributed by atoms with E-state index in [1.54, 1.807) is 0 Å². The summed E-state index contributed by atoms with van der Waals surface area (Å²) in [6.07, 6.45) is 1.65. The predicted octanol–water partition coefficient (Wildman–Crippen LogP) is 4.42. The van der Waals surface area contributed by atoms with E-state index in [-0.39, 0.29) is 11.1 Å². The molecule has 0 radical (unpaired) electrons. The number of carbonyl (C=O) groups excluding carboxylic acids is 2. The highest BCUT2D eigenvalue weighted by Crippen LogP contribution is 2.16. The van der Waals surface area contributed by atoms with Crippen LogP contribution in [0.25, 0.3) is 0 Å². The van der Waals surface area contributed by atoms with Gasteiger partial charge in [-0.05, 0) is 36.8 Å². The Kier molecular flexibility index (Phi) is 6.77. The summed E-state index contributed by atoms with van der Waals surface area (Å²) in [4.78, 5) is 23.7. The lowest BCUT2D eigenvalue weighted by Crippen LogP contribution is -2.09. The molecular formula is C19H17F3O4. The molecule has 2 aromatic rings. The average Bonchev–Trinajstić information content (AvgIpc) is 2.63. The van der Waals surface area contributed by atoms with Gasteiger partial charge in [0.15, 0.2) is 11.6 Å². The molecule has 138 valence electrons. The SMILES string of the molecule is CCCCOC(=O)c1ccc(C(=O)OCc2cc(F)cc(F)c2F)cc1. The van der Waals surface area contributed by atoms with E-state index in [9.17, 15) is 22.8 Å². The third-order valence-electron chi connectivity index (χ3n) is 3.51. The number of benzene rings is 2. The monoisotopic (exact) mass is 366 g/mol. The van der Waals surface area contributed by atoms with E-state index in [2.05, 4.69) is 0 Å². The Balaban J connectivity index is 1.97. The van der Waals surface area contributed by atoms with Gasteiger partial charge in [0, 0.05) is 11.6 Å². The van der Waals surface area contributed by atoms with E-state index >= 15 is 0 Å². The Morgan fingerprint density at radius 3 is 2.08 bits per heavy atom. The minimum absolute atomic E-state index is 0.104. The Morgan fingerprint density at radius 1 is 0.923 bits per heavy atom. The van der Waals surface area contributed by atoms with Gasteiger partial charge < -0.3 is 9.47 Å². The van der Waals surface area contributed by atoms with Crippen LogP contribution in [0.15, 0.2) is 36.4 Å². The van der Waals surface area contributed by atoms with Gasteiger partial charge in [0.1, 0.15) is 12.4 Å². The van der Waals surface area contributed by atoms with Crippen LogP contribution in [0.5, 0.6) is 0 Å². The summed E-state index contributed by atoms with van der Waals surface area (Å²) in [5.41, 5.74) is -0.0322. The molecule has 4 nitrogen and oxygen atoms in total. The van der Waals surface area contributed by atoms with Gasteiger partial charge in [0.05, 0.1) is 17.7 Å². The molecule has 0 saturated carbocycles. The molecule has 0 unspecified atom stereocenters. The zero-order valence-electron chi connectivity index (χ0n) is 14.1. The average molecular weight is 366 g/mol. The van der Waals surface area contributed by atoms with Crippen molar-refractivity contribution in [1.29, 1.82) is 0 Å². The molecule has 0 aromatic heterocycles. The van der Waals surface area contributed by atoms with Crippen LogP contribution >= 0.6 is 0 Å². The van der Waals surface area contributed by atoms with Crippen LogP contribution in [-0.4, -0.2) is 18.5 Å². The van der Waals surface area contributed by atoms with E-state index < -0.39 is 41.6 Å². The van der Waals surface area contributed by atoms with Gasteiger partial charge in [0.25, 0.3) is 0 Å². The van der Waals surface area contributed by atoms with Crippen LogP contribution < -0.4 is 0 Å². The van der Waals surface area contributed by atoms with Crippen molar-refractivity contribution in [3.8, 4) is 0 Å². The normalized spacial score (nSPS) is 10.5. The Morgan fingerprint density at radius 2 is 1.50 bits per heavy atom. The fourth-order valence-corrected chi connectivity index (χ4v) is 2.08. The Labute approximate surface area is 148 Å². The summed E-state index contributed by atoms with van der Waals surface area (Å²) in [5.74, 6) is -4.93. The number of rotatable bonds is 7. The Hall–Kier alpha value is -2.83. The van der Waals surface area contributed by atoms with E-state index in [4.69, 9.17) is 9.47 Å². The molecule has 0 heterocycles. The fourth-order valence-electron chi connectivity index (χ4n) is 2.08.